The third-order valence-electron chi connectivity index (χ3n) is 1.29. The van der Waals surface area contributed by atoms with E-state index in [1.54, 1.807) is 0 Å². The predicted octanol–water partition coefficient (Wildman–Crippen LogP) is -2.99. The molecular formula is C6H12O8PbU. The van der Waals surface area contributed by atoms with Gasteiger partial charge in [0.2, 0.25) is 0 Å². The van der Waals surface area contributed by atoms with Crippen molar-refractivity contribution in [3.05, 3.63) is 0 Å². The topological polar surface area (TPSA) is 164 Å². The average Bonchev–Trinajstić information content (AvgIpc) is 1.82. The van der Waals surface area contributed by atoms with Gasteiger partial charge in [-0.05, 0) is 0 Å². The Morgan fingerprint density at radius 2 is 1.19 bits per heavy atom. The first kappa shape index (κ1) is 25.2. The van der Waals surface area contributed by atoms with Crippen molar-refractivity contribution in [1.29, 1.82) is 0 Å². The quantitative estimate of drug-likeness (QED) is 0.229. The molecule has 2 radical (unpaired) electrons. The third-order valence-corrected chi connectivity index (χ3v) is 1.29. The van der Waals surface area contributed by atoms with E-state index in [1.807, 2.05) is 0 Å². The summed E-state index contributed by atoms with van der Waals surface area (Å²) in [5, 5.41) is 33.8. The largest absolute Gasteiger partial charge is 0 e. The maximum Gasteiger partial charge on any atom is 0 e. The van der Waals surface area contributed by atoms with Crippen LogP contribution in [0.3, 0.4) is 0 Å². The van der Waals surface area contributed by atoms with Gasteiger partial charge in [-0.15, -0.1) is 0 Å². The molecule has 0 saturated carbocycles. The molecule has 0 atom stereocenters. The molecule has 6 N–H and O–H groups in total. The number of carboxylic acid groups (broad SMARTS) is 3. The van der Waals surface area contributed by atoms with E-state index in [0.717, 1.165) is 0 Å². The normalized spacial score (nSPS) is 8.81. The Kier molecular flexibility index (Phi) is 16.5. The Hall–Kier alpha value is 0.304. The van der Waals surface area contributed by atoms with Gasteiger partial charge in [0.05, 0.1) is 12.8 Å². The number of carboxylic acids is 3. The van der Waals surface area contributed by atoms with Gasteiger partial charge in [0, 0.05) is 31.1 Å². The molecule has 0 aliphatic carbocycles. The number of aliphatic carboxylic acids is 3. The second kappa shape index (κ2) is 10.5. The van der Waals surface area contributed by atoms with Gasteiger partial charge in [0.15, 0.2) is 5.60 Å². The van der Waals surface area contributed by atoms with Gasteiger partial charge in [-0.25, -0.2) is 4.79 Å². The molecule has 0 spiro atoms. The number of aliphatic hydroxyl groups is 1. The van der Waals surface area contributed by atoms with Crippen molar-refractivity contribution >= 4 is 45.2 Å². The minimum Gasteiger partial charge on any atom is 0 e. The van der Waals surface area contributed by atoms with Crippen LogP contribution in [0, 0.1) is 31.1 Å². The second-order valence-electron chi connectivity index (χ2n) is 2.48. The molecule has 0 unspecified atom stereocenters. The molecule has 0 rings (SSSR count). The van der Waals surface area contributed by atoms with Crippen LogP contribution in [-0.2, 0) is 14.4 Å². The summed E-state index contributed by atoms with van der Waals surface area (Å²) in [6, 6.07) is 0. The fourth-order valence-electron chi connectivity index (χ4n) is 0.714. The van der Waals surface area contributed by atoms with Gasteiger partial charge >= 0.3 is 45.2 Å². The smallest absolute Gasteiger partial charge is 0 e. The van der Waals surface area contributed by atoms with Crippen LogP contribution in [-0.4, -0.2) is 76.7 Å². The Bertz CT molecular complexity index is 239. The SMILES string of the molecule is O.O=C(O)CC(O)(CC(=O)O)C(=O)O.[PbH2].[U]. The maximum atomic E-state index is 10.3. The van der Waals surface area contributed by atoms with Gasteiger partial charge in [-0.3, -0.25) is 9.59 Å². The molecule has 0 fully saturated rings. The molecule has 0 aliphatic rings. The van der Waals surface area contributed by atoms with E-state index >= 15 is 0 Å². The molecule has 16 heavy (non-hydrogen) atoms. The molecule has 0 heterocycles. The fourth-order valence-corrected chi connectivity index (χ4v) is 0.714. The van der Waals surface area contributed by atoms with Crippen LogP contribution < -0.4 is 0 Å². The van der Waals surface area contributed by atoms with E-state index in [1.165, 1.54) is 0 Å². The number of hydrogen-bond donors (Lipinski definition) is 4. The molecule has 0 bridgehead atoms. The number of rotatable bonds is 5. The van der Waals surface area contributed by atoms with Gasteiger partial charge in [0.25, 0.3) is 0 Å². The predicted molar refractivity (Wildman–Crippen MR) is 49.2 cm³/mol. The van der Waals surface area contributed by atoms with E-state index in [9.17, 15) is 14.4 Å². The van der Waals surface area contributed by atoms with Crippen LogP contribution in [0.2, 0.25) is 0 Å². The summed E-state index contributed by atoms with van der Waals surface area (Å²) in [5.74, 6) is -5.02. The summed E-state index contributed by atoms with van der Waals surface area (Å²) < 4.78 is 0. The van der Waals surface area contributed by atoms with Crippen molar-refractivity contribution in [1.82, 2.24) is 0 Å². The summed E-state index contributed by atoms with van der Waals surface area (Å²) in [5.41, 5.74) is -2.74. The van der Waals surface area contributed by atoms with Gasteiger partial charge < -0.3 is 25.9 Å². The zero-order valence-electron chi connectivity index (χ0n) is 8.13. The van der Waals surface area contributed by atoms with Gasteiger partial charge in [-0.2, -0.15) is 0 Å². The zero-order chi connectivity index (χ0) is 10.6. The van der Waals surface area contributed by atoms with Gasteiger partial charge in [0.1, 0.15) is 0 Å². The zero-order valence-corrected chi connectivity index (χ0v) is 17.8. The standard InChI is InChI=1S/C6H8O7.H2O.Pb.U.2H/c7-3(8)1-6(13,5(11)12)2-4(9)10;;;;;/h13H,1-2H2,(H,7,8)(H,9,10)(H,11,12);1H2;;;;. The summed E-state index contributed by atoms with van der Waals surface area (Å²) in [6.07, 6.45) is -2.29. The Labute approximate surface area is 134 Å². The molecule has 92 valence electrons. The molecule has 0 aromatic heterocycles. The molecule has 0 amide bonds. The van der Waals surface area contributed by atoms with Gasteiger partial charge in [-0.1, -0.05) is 0 Å². The maximum absolute atomic E-state index is 10.3. The summed E-state index contributed by atoms with van der Waals surface area (Å²) >= 11 is 0. The van der Waals surface area contributed by atoms with Crippen LogP contribution in [0.4, 0.5) is 0 Å². The molecule has 0 aromatic rings. The number of hydrogen-bond acceptors (Lipinski definition) is 4. The van der Waals surface area contributed by atoms with Crippen LogP contribution in [0.1, 0.15) is 12.8 Å². The Morgan fingerprint density at radius 1 is 0.938 bits per heavy atom. The minimum absolute atomic E-state index is 0. The summed E-state index contributed by atoms with van der Waals surface area (Å²) in [6.45, 7) is 0. The monoisotopic (exact) mass is 658 g/mol. The average molecular weight is 657 g/mol. The van der Waals surface area contributed by atoms with Crippen LogP contribution in [0.15, 0.2) is 0 Å². The van der Waals surface area contributed by atoms with Crippen LogP contribution >= 0.6 is 0 Å². The first-order valence-electron chi connectivity index (χ1n) is 3.17. The Morgan fingerprint density at radius 3 is 1.31 bits per heavy atom. The van der Waals surface area contributed by atoms with Crippen molar-refractivity contribution in [3.63, 3.8) is 0 Å². The van der Waals surface area contributed by atoms with E-state index in [0.29, 0.717) is 0 Å². The van der Waals surface area contributed by atoms with Crippen molar-refractivity contribution in [2.75, 3.05) is 0 Å². The van der Waals surface area contributed by atoms with Crippen molar-refractivity contribution in [3.8, 4) is 0 Å². The molecule has 0 saturated heterocycles. The minimum atomic E-state index is -2.74. The fraction of sp³-hybridized carbons (Fsp3) is 0.500. The van der Waals surface area contributed by atoms with E-state index < -0.39 is 36.4 Å². The van der Waals surface area contributed by atoms with E-state index in [4.69, 9.17) is 20.4 Å². The first-order chi connectivity index (χ1) is 5.78. The third kappa shape index (κ3) is 9.52. The summed E-state index contributed by atoms with van der Waals surface area (Å²) in [4.78, 5) is 30.5. The molecule has 10 heteroatoms. The Balaban J connectivity index is -0.000000240. The van der Waals surface area contributed by atoms with Crippen LogP contribution in [0.5, 0.6) is 0 Å². The van der Waals surface area contributed by atoms with E-state index in [2.05, 4.69) is 0 Å². The second-order valence-corrected chi connectivity index (χ2v) is 2.48. The molecular weight excluding hydrogens is 645 g/mol. The van der Waals surface area contributed by atoms with Crippen molar-refractivity contribution in [2.24, 2.45) is 0 Å². The summed E-state index contributed by atoms with van der Waals surface area (Å²) in [7, 11) is 0. The molecule has 0 aliphatic heterocycles. The van der Waals surface area contributed by atoms with E-state index in [-0.39, 0.29) is 63.9 Å². The molecule has 8 nitrogen and oxygen atoms in total. The number of carbonyl (C=O) groups is 3. The van der Waals surface area contributed by atoms with Crippen molar-refractivity contribution in [2.45, 2.75) is 18.4 Å². The van der Waals surface area contributed by atoms with Crippen molar-refractivity contribution < 1.29 is 71.4 Å². The molecule has 0 aromatic carbocycles. The first-order valence-corrected chi connectivity index (χ1v) is 3.17. The van der Waals surface area contributed by atoms with Crippen LogP contribution in [0.25, 0.3) is 0 Å².